The summed E-state index contributed by atoms with van der Waals surface area (Å²) < 4.78 is 10.8. The fourth-order valence-corrected chi connectivity index (χ4v) is 1.72. The summed E-state index contributed by atoms with van der Waals surface area (Å²) in [4.78, 5) is 4.24. The van der Waals surface area contributed by atoms with E-state index in [0.717, 1.165) is 28.2 Å². The number of aromatic nitrogens is 1. The van der Waals surface area contributed by atoms with E-state index in [1.165, 1.54) is 0 Å². The van der Waals surface area contributed by atoms with E-state index >= 15 is 0 Å². The topological polar surface area (TPSA) is 35.3 Å². The molecular formula is C13H15NO2. The fourth-order valence-electron chi connectivity index (χ4n) is 1.72. The maximum Gasteiger partial charge on any atom is 0.226 e. The molecule has 0 saturated carbocycles. The Labute approximate surface area is 95.1 Å². The van der Waals surface area contributed by atoms with Gasteiger partial charge in [0.1, 0.15) is 11.5 Å². The average Bonchev–Trinajstić information content (AvgIpc) is 2.67. The molecule has 0 aliphatic rings. The van der Waals surface area contributed by atoms with Crippen LogP contribution in [-0.4, -0.2) is 12.1 Å². The number of hydrogen-bond acceptors (Lipinski definition) is 3. The summed E-state index contributed by atoms with van der Waals surface area (Å²) in [6, 6.07) is 4.05. The molecule has 0 bridgehead atoms. The van der Waals surface area contributed by atoms with Crippen LogP contribution in [0.15, 0.2) is 22.7 Å². The maximum atomic E-state index is 5.53. The molecule has 0 N–H and O–H groups in total. The molecule has 0 radical (unpaired) electrons. The van der Waals surface area contributed by atoms with Gasteiger partial charge >= 0.3 is 0 Å². The van der Waals surface area contributed by atoms with E-state index in [1.54, 1.807) is 13.3 Å². The molecule has 0 spiro atoms. The predicted molar refractivity (Wildman–Crippen MR) is 62.7 cm³/mol. The Hall–Kier alpha value is -1.77. The van der Waals surface area contributed by atoms with Gasteiger partial charge in [-0.1, -0.05) is 0 Å². The summed E-state index contributed by atoms with van der Waals surface area (Å²) in [6.45, 7) is 5.93. The monoisotopic (exact) mass is 217 g/mol. The molecule has 2 rings (SSSR count). The zero-order chi connectivity index (χ0) is 11.7. The molecule has 0 saturated heterocycles. The lowest BCUT2D eigenvalue weighted by molar-refractivity contribution is 0.411. The average molecular weight is 217 g/mol. The van der Waals surface area contributed by atoms with Crippen LogP contribution in [0, 0.1) is 20.8 Å². The molecule has 3 heteroatoms. The molecule has 84 valence electrons. The summed E-state index contributed by atoms with van der Waals surface area (Å²) in [5.41, 5.74) is 3.20. The highest BCUT2D eigenvalue weighted by Crippen LogP contribution is 2.29. The highest BCUT2D eigenvalue weighted by atomic mass is 16.5. The van der Waals surface area contributed by atoms with Gasteiger partial charge in [-0.05, 0) is 44.0 Å². The van der Waals surface area contributed by atoms with E-state index in [-0.39, 0.29) is 0 Å². The lowest BCUT2D eigenvalue weighted by Crippen LogP contribution is -1.91. The minimum absolute atomic E-state index is 0.667. The van der Waals surface area contributed by atoms with Crippen molar-refractivity contribution in [2.24, 2.45) is 0 Å². The summed E-state index contributed by atoms with van der Waals surface area (Å²) in [7, 11) is 1.68. The Balaban J connectivity index is 2.54. The number of aryl methyl sites for hydroxylation is 3. The summed E-state index contributed by atoms with van der Waals surface area (Å²) in [6.07, 6.45) is 1.73. The molecule has 2 aromatic rings. The van der Waals surface area contributed by atoms with E-state index in [4.69, 9.17) is 9.15 Å². The number of hydrogen-bond donors (Lipinski definition) is 0. The predicted octanol–water partition coefficient (Wildman–Crippen LogP) is 3.28. The van der Waals surface area contributed by atoms with Gasteiger partial charge in [-0.25, -0.2) is 4.98 Å². The third-order valence-electron chi connectivity index (χ3n) is 2.59. The molecular weight excluding hydrogens is 202 g/mol. The minimum atomic E-state index is 0.667. The standard InChI is InChI=1S/C13H15NO2/c1-8-6-12(15-4)9(2)5-11(8)13-14-7-10(3)16-13/h5-7H,1-4H3. The molecule has 16 heavy (non-hydrogen) atoms. The van der Waals surface area contributed by atoms with Crippen molar-refractivity contribution < 1.29 is 9.15 Å². The van der Waals surface area contributed by atoms with Gasteiger partial charge in [-0.3, -0.25) is 0 Å². The summed E-state index contributed by atoms with van der Waals surface area (Å²) >= 11 is 0. The van der Waals surface area contributed by atoms with Crippen molar-refractivity contribution >= 4 is 0 Å². The normalized spacial score (nSPS) is 10.5. The van der Waals surface area contributed by atoms with E-state index in [1.807, 2.05) is 32.9 Å². The molecule has 1 heterocycles. The van der Waals surface area contributed by atoms with Gasteiger partial charge in [0, 0.05) is 5.56 Å². The summed E-state index contributed by atoms with van der Waals surface area (Å²) in [5.74, 6) is 2.38. The van der Waals surface area contributed by atoms with Crippen molar-refractivity contribution in [3.8, 4) is 17.2 Å². The summed E-state index contributed by atoms with van der Waals surface area (Å²) in [5, 5.41) is 0. The van der Waals surface area contributed by atoms with Crippen molar-refractivity contribution in [2.45, 2.75) is 20.8 Å². The zero-order valence-corrected chi connectivity index (χ0v) is 10.00. The number of benzene rings is 1. The smallest absolute Gasteiger partial charge is 0.226 e. The van der Waals surface area contributed by atoms with Crippen LogP contribution in [0.25, 0.3) is 11.5 Å². The van der Waals surface area contributed by atoms with Crippen LogP contribution in [0.3, 0.4) is 0 Å². The van der Waals surface area contributed by atoms with Crippen LogP contribution in [0.5, 0.6) is 5.75 Å². The van der Waals surface area contributed by atoms with Gasteiger partial charge in [0.25, 0.3) is 0 Å². The Morgan fingerprint density at radius 1 is 1.12 bits per heavy atom. The highest BCUT2D eigenvalue weighted by Gasteiger charge is 2.10. The van der Waals surface area contributed by atoms with E-state index in [2.05, 4.69) is 4.98 Å². The molecule has 0 aliphatic carbocycles. The van der Waals surface area contributed by atoms with Crippen molar-refractivity contribution in [2.75, 3.05) is 7.11 Å². The first-order valence-corrected chi connectivity index (χ1v) is 5.20. The molecule has 0 aliphatic heterocycles. The first kappa shape index (κ1) is 10.7. The molecule has 0 unspecified atom stereocenters. The Morgan fingerprint density at radius 3 is 2.44 bits per heavy atom. The second-order valence-electron chi connectivity index (χ2n) is 3.91. The Kier molecular flexibility index (Phi) is 2.69. The highest BCUT2D eigenvalue weighted by molar-refractivity contribution is 5.62. The Morgan fingerprint density at radius 2 is 1.88 bits per heavy atom. The molecule has 0 atom stereocenters. The fraction of sp³-hybridized carbons (Fsp3) is 0.308. The van der Waals surface area contributed by atoms with Gasteiger partial charge < -0.3 is 9.15 Å². The van der Waals surface area contributed by atoms with E-state index in [0.29, 0.717) is 5.89 Å². The second kappa shape index (κ2) is 4.00. The quantitative estimate of drug-likeness (QED) is 0.774. The molecule has 1 aromatic heterocycles. The number of oxazole rings is 1. The van der Waals surface area contributed by atoms with Crippen molar-refractivity contribution in [3.63, 3.8) is 0 Å². The molecule has 3 nitrogen and oxygen atoms in total. The zero-order valence-electron chi connectivity index (χ0n) is 10.00. The maximum absolute atomic E-state index is 5.53. The van der Waals surface area contributed by atoms with Crippen LogP contribution in [0.1, 0.15) is 16.9 Å². The second-order valence-corrected chi connectivity index (χ2v) is 3.91. The Bertz CT molecular complexity index is 515. The van der Waals surface area contributed by atoms with Crippen molar-refractivity contribution in [1.82, 2.24) is 4.98 Å². The number of nitrogens with zero attached hydrogens (tertiary/aromatic N) is 1. The molecule has 1 aromatic carbocycles. The third-order valence-corrected chi connectivity index (χ3v) is 2.59. The van der Waals surface area contributed by atoms with Crippen molar-refractivity contribution in [3.05, 3.63) is 35.2 Å². The van der Waals surface area contributed by atoms with E-state index in [9.17, 15) is 0 Å². The van der Waals surface area contributed by atoms with Gasteiger partial charge in [-0.2, -0.15) is 0 Å². The van der Waals surface area contributed by atoms with E-state index < -0.39 is 0 Å². The van der Waals surface area contributed by atoms with Crippen LogP contribution >= 0.6 is 0 Å². The lowest BCUT2D eigenvalue weighted by atomic mass is 10.0. The largest absolute Gasteiger partial charge is 0.496 e. The number of ether oxygens (including phenoxy) is 1. The van der Waals surface area contributed by atoms with Crippen LogP contribution in [0.2, 0.25) is 0 Å². The lowest BCUT2D eigenvalue weighted by Gasteiger charge is -2.08. The molecule has 0 amide bonds. The van der Waals surface area contributed by atoms with Crippen molar-refractivity contribution in [1.29, 1.82) is 0 Å². The first-order valence-electron chi connectivity index (χ1n) is 5.20. The van der Waals surface area contributed by atoms with Crippen LogP contribution in [0.4, 0.5) is 0 Å². The SMILES string of the molecule is COc1cc(C)c(-c2ncc(C)o2)cc1C. The number of rotatable bonds is 2. The van der Waals surface area contributed by atoms with Gasteiger partial charge in [0.05, 0.1) is 13.3 Å². The number of methoxy groups -OCH3 is 1. The first-order chi connectivity index (χ1) is 7.61. The minimum Gasteiger partial charge on any atom is -0.496 e. The van der Waals surface area contributed by atoms with Crippen LogP contribution in [-0.2, 0) is 0 Å². The third kappa shape index (κ3) is 1.81. The van der Waals surface area contributed by atoms with Gasteiger partial charge in [0.15, 0.2) is 0 Å². The van der Waals surface area contributed by atoms with Gasteiger partial charge in [-0.15, -0.1) is 0 Å². The van der Waals surface area contributed by atoms with Crippen LogP contribution < -0.4 is 4.74 Å². The van der Waals surface area contributed by atoms with Gasteiger partial charge in [0.2, 0.25) is 5.89 Å². The molecule has 0 fully saturated rings.